The van der Waals surface area contributed by atoms with E-state index in [4.69, 9.17) is 4.74 Å². The molecule has 6 rings (SSSR count). The smallest absolute Gasteiger partial charge is 0.410 e. The lowest BCUT2D eigenvalue weighted by molar-refractivity contribution is -0.135. The normalized spacial score (nSPS) is 28.4. The second-order valence-corrected chi connectivity index (χ2v) is 8.46. The highest BCUT2D eigenvalue weighted by Gasteiger charge is 2.40. The summed E-state index contributed by atoms with van der Waals surface area (Å²) in [6, 6.07) is 9.63. The Balaban J connectivity index is 1.27. The van der Waals surface area contributed by atoms with Crippen molar-refractivity contribution in [2.24, 2.45) is 5.92 Å². The Morgan fingerprint density at radius 2 is 1.81 bits per heavy atom. The summed E-state index contributed by atoms with van der Waals surface area (Å²) in [5, 5.41) is 0. The summed E-state index contributed by atoms with van der Waals surface area (Å²) in [5.74, 6) is 0.627. The van der Waals surface area contributed by atoms with Crippen molar-refractivity contribution in [2.45, 2.75) is 37.8 Å². The van der Waals surface area contributed by atoms with Crippen LogP contribution < -0.4 is 0 Å². The molecule has 0 unspecified atom stereocenters. The fourth-order valence-corrected chi connectivity index (χ4v) is 5.34. The minimum atomic E-state index is -0.353. The average Bonchev–Trinajstić information content (AvgIpc) is 3.16. The Morgan fingerprint density at radius 3 is 2.52 bits per heavy atom. The van der Waals surface area contributed by atoms with E-state index in [1.54, 1.807) is 0 Å². The van der Waals surface area contributed by atoms with Gasteiger partial charge in [-0.1, -0.05) is 24.3 Å². The molecule has 0 spiro atoms. The van der Waals surface area contributed by atoms with Gasteiger partial charge in [-0.25, -0.2) is 4.79 Å². The summed E-state index contributed by atoms with van der Waals surface area (Å²) < 4.78 is 4.96. The zero-order valence-electron chi connectivity index (χ0n) is 15.7. The van der Waals surface area contributed by atoms with Gasteiger partial charge >= 0.3 is 6.09 Å². The fourth-order valence-electron chi connectivity index (χ4n) is 5.34. The molecule has 1 aromatic rings. The number of hydrogen-bond acceptors (Lipinski definition) is 4. The first-order chi connectivity index (χ1) is 13.2. The predicted octanol–water partition coefficient (Wildman–Crippen LogP) is 1.53. The number of fused-ring (bicyclic) bond motifs is 5. The van der Waals surface area contributed by atoms with Gasteiger partial charge in [-0.15, -0.1) is 0 Å². The quantitative estimate of drug-likeness (QED) is 0.811. The number of carbonyl (C=O) groups excluding carboxylic acids is 2. The van der Waals surface area contributed by atoms with Crippen LogP contribution in [0.3, 0.4) is 0 Å². The molecule has 4 aliphatic heterocycles. The number of ether oxygens (including phenoxy) is 1. The molecule has 1 aliphatic carbocycles. The van der Waals surface area contributed by atoms with Crippen molar-refractivity contribution in [3.05, 3.63) is 35.4 Å². The summed E-state index contributed by atoms with van der Waals surface area (Å²) in [5.41, 5.74) is 2.97. The maximum atomic E-state index is 12.9. The lowest BCUT2D eigenvalue weighted by Crippen LogP contribution is -2.51. The molecule has 2 atom stereocenters. The van der Waals surface area contributed by atoms with Gasteiger partial charge in [0, 0.05) is 31.7 Å². The minimum Gasteiger partial charge on any atom is -0.448 e. The van der Waals surface area contributed by atoms with Crippen LogP contribution in [0.4, 0.5) is 4.79 Å². The summed E-state index contributed by atoms with van der Waals surface area (Å²) in [6.45, 7) is 3.97. The minimum absolute atomic E-state index is 0.0834. The van der Waals surface area contributed by atoms with Crippen molar-refractivity contribution >= 4 is 12.0 Å². The Hall–Kier alpha value is -2.08. The maximum absolute atomic E-state index is 12.9. The van der Waals surface area contributed by atoms with E-state index in [0.717, 1.165) is 38.9 Å². The van der Waals surface area contributed by atoms with Crippen LogP contribution in [-0.2, 0) is 22.4 Å². The molecule has 144 valence electrons. The van der Waals surface area contributed by atoms with Crippen molar-refractivity contribution < 1.29 is 14.3 Å². The second-order valence-electron chi connectivity index (χ2n) is 8.46. The van der Waals surface area contributed by atoms with Crippen molar-refractivity contribution in [3.63, 3.8) is 0 Å². The number of carbonyl (C=O) groups is 2. The molecule has 2 amide bonds. The molecule has 2 bridgehead atoms. The van der Waals surface area contributed by atoms with Gasteiger partial charge in [-0.05, 0) is 42.7 Å². The van der Waals surface area contributed by atoms with Crippen LogP contribution in [0.5, 0.6) is 0 Å². The Morgan fingerprint density at radius 1 is 1.04 bits per heavy atom. The Bertz CT molecular complexity index is 727. The van der Waals surface area contributed by atoms with E-state index in [0.29, 0.717) is 25.1 Å². The molecule has 6 nitrogen and oxygen atoms in total. The Kier molecular flexibility index (Phi) is 4.31. The molecule has 0 radical (unpaired) electrons. The molecule has 0 saturated carbocycles. The summed E-state index contributed by atoms with van der Waals surface area (Å²) in [7, 11) is 0. The first-order valence-electron chi connectivity index (χ1n) is 10.2. The first kappa shape index (κ1) is 17.0. The van der Waals surface area contributed by atoms with E-state index in [9.17, 15) is 9.59 Å². The molecule has 0 N–H and O–H groups in total. The fraction of sp³-hybridized carbons (Fsp3) is 0.619. The third kappa shape index (κ3) is 3.20. The number of benzene rings is 1. The van der Waals surface area contributed by atoms with Crippen LogP contribution in [0, 0.1) is 5.92 Å². The molecule has 5 aliphatic rings. The van der Waals surface area contributed by atoms with E-state index >= 15 is 0 Å². The third-order valence-electron chi connectivity index (χ3n) is 6.78. The number of nitrogens with zero attached hydrogens (tertiary/aromatic N) is 3. The monoisotopic (exact) mass is 369 g/mol. The largest absolute Gasteiger partial charge is 0.448 e. The lowest BCUT2D eigenvalue weighted by atomic mass is 9.95. The molecule has 27 heavy (non-hydrogen) atoms. The lowest BCUT2D eigenvalue weighted by Gasteiger charge is -2.37. The number of amides is 2. The third-order valence-corrected chi connectivity index (χ3v) is 6.78. The molecule has 4 saturated heterocycles. The second kappa shape index (κ2) is 6.82. The molecular formula is C21H27N3O3. The van der Waals surface area contributed by atoms with Gasteiger partial charge in [0.1, 0.15) is 13.2 Å². The molecule has 1 aromatic carbocycles. The van der Waals surface area contributed by atoms with Crippen LogP contribution in [0.1, 0.15) is 24.0 Å². The molecule has 4 fully saturated rings. The van der Waals surface area contributed by atoms with Crippen LogP contribution in [0.25, 0.3) is 0 Å². The van der Waals surface area contributed by atoms with E-state index in [1.165, 1.54) is 22.4 Å². The highest BCUT2D eigenvalue weighted by Crippen LogP contribution is 2.33. The zero-order chi connectivity index (χ0) is 18.4. The van der Waals surface area contributed by atoms with Crippen molar-refractivity contribution in [1.82, 2.24) is 14.7 Å². The Labute approximate surface area is 160 Å². The van der Waals surface area contributed by atoms with Gasteiger partial charge < -0.3 is 9.64 Å². The first-order valence-corrected chi connectivity index (χ1v) is 10.2. The van der Waals surface area contributed by atoms with Crippen molar-refractivity contribution in [1.29, 1.82) is 0 Å². The average molecular weight is 369 g/mol. The van der Waals surface area contributed by atoms with Crippen LogP contribution in [0.15, 0.2) is 24.3 Å². The van der Waals surface area contributed by atoms with Crippen molar-refractivity contribution in [2.75, 3.05) is 39.3 Å². The van der Waals surface area contributed by atoms with E-state index in [1.807, 2.05) is 0 Å². The molecular weight excluding hydrogens is 342 g/mol. The summed E-state index contributed by atoms with van der Waals surface area (Å²) in [4.78, 5) is 30.8. The van der Waals surface area contributed by atoms with E-state index in [2.05, 4.69) is 34.1 Å². The molecule has 4 heterocycles. The SMILES string of the molecule is O=C1OCCN1CC(=O)N1C[C@H]2CC[C@@H]1CN(C1Cc3ccccc3C1)C2. The predicted molar refractivity (Wildman–Crippen MR) is 100 cm³/mol. The van der Waals surface area contributed by atoms with Gasteiger partial charge in [0.15, 0.2) is 0 Å². The zero-order valence-corrected chi connectivity index (χ0v) is 15.7. The maximum Gasteiger partial charge on any atom is 0.410 e. The van der Waals surface area contributed by atoms with Crippen LogP contribution >= 0.6 is 0 Å². The highest BCUT2D eigenvalue weighted by atomic mass is 16.6. The standard InChI is InChI=1S/C21H27N3O3/c25-20(14-22-7-8-27-21(22)26)24-12-15-5-6-18(24)13-23(11-15)19-9-16-3-1-2-4-17(16)10-19/h1-4,15,18-19H,5-14H2/t15-,18+/m0/s1. The summed E-state index contributed by atoms with van der Waals surface area (Å²) in [6.07, 6.45) is 4.19. The van der Waals surface area contributed by atoms with Crippen molar-refractivity contribution in [3.8, 4) is 0 Å². The number of cyclic esters (lactones) is 1. The van der Waals surface area contributed by atoms with Crippen LogP contribution in [0.2, 0.25) is 0 Å². The van der Waals surface area contributed by atoms with Gasteiger partial charge in [-0.3, -0.25) is 14.6 Å². The summed E-state index contributed by atoms with van der Waals surface area (Å²) >= 11 is 0. The number of piperidine rings is 1. The number of rotatable bonds is 3. The molecule has 0 aromatic heterocycles. The van der Waals surface area contributed by atoms with Crippen LogP contribution in [-0.4, -0.2) is 78.1 Å². The van der Waals surface area contributed by atoms with E-state index < -0.39 is 0 Å². The van der Waals surface area contributed by atoms with Gasteiger partial charge in [-0.2, -0.15) is 0 Å². The van der Waals surface area contributed by atoms with Gasteiger partial charge in [0.2, 0.25) is 5.91 Å². The number of hydrogen-bond donors (Lipinski definition) is 0. The topological polar surface area (TPSA) is 53.1 Å². The van der Waals surface area contributed by atoms with E-state index in [-0.39, 0.29) is 24.6 Å². The van der Waals surface area contributed by atoms with Gasteiger partial charge in [0.05, 0.1) is 6.54 Å². The molecule has 6 heteroatoms. The highest BCUT2D eigenvalue weighted by molar-refractivity contribution is 5.83. The van der Waals surface area contributed by atoms with Gasteiger partial charge in [0.25, 0.3) is 0 Å².